The lowest BCUT2D eigenvalue weighted by molar-refractivity contribution is 0.452. The van der Waals surface area contributed by atoms with Gasteiger partial charge in [0.25, 0.3) is 0 Å². The predicted octanol–water partition coefficient (Wildman–Crippen LogP) is 6.95. The SMILES string of the molecule is [CH2]c1cc(C(CCC)C(C)C)cc(C(CCC)C(C)C)c1. The Balaban J connectivity index is 3.18. The Morgan fingerprint density at radius 3 is 1.43 bits per heavy atom. The second-order valence-corrected chi connectivity index (χ2v) is 7.29. The maximum atomic E-state index is 4.25. The molecule has 1 aromatic carbocycles. The predicted molar refractivity (Wildman–Crippen MR) is 95.9 cm³/mol. The van der Waals surface area contributed by atoms with Gasteiger partial charge < -0.3 is 0 Å². The van der Waals surface area contributed by atoms with Crippen molar-refractivity contribution in [1.82, 2.24) is 0 Å². The molecule has 0 heteroatoms. The molecule has 0 aromatic heterocycles. The fraction of sp³-hybridized carbons (Fsp3) is 0.667. The van der Waals surface area contributed by atoms with Gasteiger partial charge in [0.05, 0.1) is 0 Å². The lowest BCUT2D eigenvalue weighted by atomic mass is 9.79. The topological polar surface area (TPSA) is 0 Å². The zero-order valence-electron chi connectivity index (χ0n) is 15.1. The van der Waals surface area contributed by atoms with Gasteiger partial charge in [0, 0.05) is 0 Å². The lowest BCUT2D eigenvalue weighted by Crippen LogP contribution is -2.11. The van der Waals surface area contributed by atoms with Crippen LogP contribution in [0.2, 0.25) is 0 Å². The molecule has 2 atom stereocenters. The first-order chi connectivity index (χ1) is 9.90. The van der Waals surface area contributed by atoms with Crippen LogP contribution in [0, 0.1) is 18.8 Å². The highest BCUT2D eigenvalue weighted by Crippen LogP contribution is 2.35. The number of rotatable bonds is 8. The van der Waals surface area contributed by atoms with E-state index in [0.717, 1.165) is 0 Å². The molecule has 119 valence electrons. The molecule has 0 amide bonds. The van der Waals surface area contributed by atoms with E-state index in [2.05, 4.69) is 66.7 Å². The Kier molecular flexibility index (Phi) is 7.49. The summed E-state index contributed by atoms with van der Waals surface area (Å²) < 4.78 is 0. The smallest absolute Gasteiger partial charge is 0.0139 e. The first-order valence-corrected chi connectivity index (χ1v) is 8.87. The van der Waals surface area contributed by atoms with Gasteiger partial charge in [-0.05, 0) is 60.1 Å². The Hall–Kier alpha value is -0.780. The molecule has 1 radical (unpaired) electrons. The van der Waals surface area contributed by atoms with E-state index in [-0.39, 0.29) is 0 Å². The van der Waals surface area contributed by atoms with E-state index in [9.17, 15) is 0 Å². The van der Waals surface area contributed by atoms with Crippen molar-refractivity contribution in [2.45, 2.75) is 79.1 Å². The summed E-state index contributed by atoms with van der Waals surface area (Å²) in [6.07, 6.45) is 5.06. The van der Waals surface area contributed by atoms with Crippen molar-refractivity contribution < 1.29 is 0 Å². The normalized spacial score (nSPS) is 14.7. The maximum Gasteiger partial charge on any atom is -0.0139 e. The first-order valence-electron chi connectivity index (χ1n) is 8.87. The van der Waals surface area contributed by atoms with Gasteiger partial charge in [0.15, 0.2) is 0 Å². The van der Waals surface area contributed by atoms with Crippen LogP contribution in [0.25, 0.3) is 0 Å². The standard InChI is InChI=1S/C21H35/c1-8-10-20(15(3)4)18-12-17(7)13-19(14-18)21(11-9-2)16(5)6/h12-16,20-21H,7-11H2,1-6H3. The van der Waals surface area contributed by atoms with E-state index < -0.39 is 0 Å². The highest BCUT2D eigenvalue weighted by molar-refractivity contribution is 5.36. The highest BCUT2D eigenvalue weighted by atomic mass is 14.2. The summed E-state index contributed by atoms with van der Waals surface area (Å²) in [5.41, 5.74) is 4.21. The molecule has 0 aliphatic carbocycles. The number of hydrogen-bond donors (Lipinski definition) is 0. The molecule has 0 bridgehead atoms. The molecule has 0 aliphatic heterocycles. The third kappa shape index (κ3) is 5.16. The average Bonchev–Trinajstić information content (AvgIpc) is 2.40. The van der Waals surface area contributed by atoms with Crippen LogP contribution in [0.15, 0.2) is 18.2 Å². The minimum Gasteiger partial charge on any atom is -0.0654 e. The summed E-state index contributed by atoms with van der Waals surface area (Å²) >= 11 is 0. The summed E-state index contributed by atoms with van der Waals surface area (Å²) in [6.45, 7) is 18.2. The molecule has 0 spiro atoms. The molecule has 0 saturated heterocycles. The highest BCUT2D eigenvalue weighted by Gasteiger charge is 2.20. The summed E-state index contributed by atoms with van der Waals surface area (Å²) in [5.74, 6) is 2.74. The molecule has 0 aliphatic rings. The van der Waals surface area contributed by atoms with Crippen molar-refractivity contribution in [2.75, 3.05) is 0 Å². The van der Waals surface area contributed by atoms with Crippen molar-refractivity contribution in [1.29, 1.82) is 0 Å². The van der Waals surface area contributed by atoms with Crippen molar-refractivity contribution >= 4 is 0 Å². The van der Waals surface area contributed by atoms with Crippen molar-refractivity contribution in [3.05, 3.63) is 41.8 Å². The summed E-state index contributed by atoms with van der Waals surface area (Å²) in [4.78, 5) is 0. The molecule has 0 saturated carbocycles. The van der Waals surface area contributed by atoms with Crippen molar-refractivity contribution in [3.63, 3.8) is 0 Å². The van der Waals surface area contributed by atoms with Crippen molar-refractivity contribution in [3.8, 4) is 0 Å². The van der Waals surface area contributed by atoms with E-state index in [1.165, 1.54) is 42.4 Å². The Morgan fingerprint density at radius 1 is 0.762 bits per heavy atom. The van der Waals surface area contributed by atoms with Gasteiger partial charge in [-0.3, -0.25) is 0 Å². The molecule has 0 fully saturated rings. The van der Waals surface area contributed by atoms with Gasteiger partial charge in [-0.25, -0.2) is 0 Å². The average molecular weight is 288 g/mol. The monoisotopic (exact) mass is 287 g/mol. The molecular formula is C21H35. The molecule has 1 rings (SSSR count). The molecule has 21 heavy (non-hydrogen) atoms. The Labute approximate surface area is 133 Å². The third-order valence-corrected chi connectivity index (χ3v) is 4.70. The van der Waals surface area contributed by atoms with E-state index >= 15 is 0 Å². The van der Waals surface area contributed by atoms with Crippen LogP contribution < -0.4 is 0 Å². The fourth-order valence-corrected chi connectivity index (χ4v) is 3.57. The number of benzene rings is 1. The molecule has 1 aromatic rings. The van der Waals surface area contributed by atoms with Gasteiger partial charge in [0.2, 0.25) is 0 Å². The van der Waals surface area contributed by atoms with Crippen LogP contribution >= 0.6 is 0 Å². The quantitative estimate of drug-likeness (QED) is 0.485. The van der Waals surface area contributed by atoms with Crippen LogP contribution in [0.3, 0.4) is 0 Å². The van der Waals surface area contributed by atoms with Gasteiger partial charge in [0.1, 0.15) is 0 Å². The van der Waals surface area contributed by atoms with E-state index in [4.69, 9.17) is 0 Å². The molecule has 2 unspecified atom stereocenters. The maximum absolute atomic E-state index is 4.25. The summed E-state index contributed by atoms with van der Waals surface area (Å²) in [6, 6.07) is 7.11. The molecule has 0 heterocycles. The lowest BCUT2D eigenvalue weighted by Gasteiger charge is -2.26. The van der Waals surface area contributed by atoms with Gasteiger partial charge in [-0.2, -0.15) is 0 Å². The van der Waals surface area contributed by atoms with Crippen molar-refractivity contribution in [2.24, 2.45) is 11.8 Å². The number of hydrogen-bond acceptors (Lipinski definition) is 0. The second kappa shape index (κ2) is 8.61. The first kappa shape index (κ1) is 18.3. The Morgan fingerprint density at radius 2 is 1.14 bits per heavy atom. The molecule has 0 N–H and O–H groups in total. The van der Waals surface area contributed by atoms with Gasteiger partial charge >= 0.3 is 0 Å². The molecular weight excluding hydrogens is 252 g/mol. The fourth-order valence-electron chi connectivity index (χ4n) is 3.57. The minimum absolute atomic E-state index is 0.671. The summed E-state index contributed by atoms with van der Waals surface area (Å²) in [7, 11) is 0. The second-order valence-electron chi connectivity index (χ2n) is 7.29. The van der Waals surface area contributed by atoms with Gasteiger partial charge in [-0.1, -0.05) is 72.6 Å². The zero-order valence-corrected chi connectivity index (χ0v) is 15.1. The van der Waals surface area contributed by atoms with Crippen LogP contribution in [0.5, 0.6) is 0 Å². The van der Waals surface area contributed by atoms with Crippen LogP contribution in [0.1, 0.15) is 95.8 Å². The zero-order chi connectivity index (χ0) is 16.0. The largest absolute Gasteiger partial charge is 0.0654 e. The van der Waals surface area contributed by atoms with Crippen LogP contribution in [-0.4, -0.2) is 0 Å². The Bertz CT molecular complexity index is 378. The van der Waals surface area contributed by atoms with Gasteiger partial charge in [-0.15, -0.1) is 0 Å². The molecule has 0 nitrogen and oxygen atoms in total. The minimum atomic E-state index is 0.671. The third-order valence-electron chi connectivity index (χ3n) is 4.70. The van der Waals surface area contributed by atoms with E-state index in [1.54, 1.807) is 0 Å². The van der Waals surface area contributed by atoms with E-state index in [0.29, 0.717) is 23.7 Å². The van der Waals surface area contributed by atoms with Crippen LogP contribution in [0.4, 0.5) is 0 Å². The summed E-state index contributed by atoms with van der Waals surface area (Å²) in [5, 5.41) is 0. The van der Waals surface area contributed by atoms with E-state index in [1.807, 2.05) is 0 Å². The van der Waals surface area contributed by atoms with Crippen LogP contribution in [-0.2, 0) is 0 Å².